The van der Waals surface area contributed by atoms with Gasteiger partial charge in [0.2, 0.25) is 0 Å². The topological polar surface area (TPSA) is 67.2 Å². The average Bonchev–Trinajstić information content (AvgIpc) is 2.99. The number of nitrogens with one attached hydrogen (secondary N) is 1. The summed E-state index contributed by atoms with van der Waals surface area (Å²) in [6.45, 7) is 2.03. The van der Waals surface area contributed by atoms with Crippen LogP contribution < -0.4 is 5.32 Å². The molecular formula is C19H26F3N3O2. The first-order chi connectivity index (χ1) is 12.7. The van der Waals surface area contributed by atoms with Crippen molar-refractivity contribution in [3.8, 4) is 0 Å². The van der Waals surface area contributed by atoms with Crippen molar-refractivity contribution in [2.75, 3.05) is 0 Å². The van der Waals surface area contributed by atoms with Crippen molar-refractivity contribution in [3.05, 3.63) is 17.5 Å². The summed E-state index contributed by atoms with van der Waals surface area (Å²) in [5.74, 6) is 0.0714. The summed E-state index contributed by atoms with van der Waals surface area (Å²) >= 11 is 0. The van der Waals surface area contributed by atoms with Crippen LogP contribution in [0.5, 0.6) is 0 Å². The second-order valence-corrected chi connectivity index (χ2v) is 8.67. The highest BCUT2D eigenvalue weighted by atomic mass is 19.4. The number of carbonyl (C=O) groups excluding carboxylic acids is 1. The van der Waals surface area contributed by atoms with Gasteiger partial charge in [-0.15, -0.1) is 0 Å². The molecule has 0 aliphatic heterocycles. The molecule has 1 aromatic heterocycles. The SMILES string of the molecule is CCCCn1ncc(C(=O)NC2C3CC4CC2CC(O)(C4)C3)c1C(F)(F)F. The van der Waals surface area contributed by atoms with Crippen molar-refractivity contribution in [1.29, 1.82) is 0 Å². The van der Waals surface area contributed by atoms with Crippen LogP contribution in [-0.2, 0) is 12.7 Å². The zero-order chi connectivity index (χ0) is 19.4. The standard InChI is InChI=1S/C19H26F3N3O2/c1-2-3-4-25-16(19(20,21)22)14(10-23-25)17(26)24-15-12-5-11-6-13(15)9-18(27,7-11)8-12/h10-13,15,27H,2-9H2,1H3,(H,24,26). The second-order valence-electron chi connectivity index (χ2n) is 8.67. The first-order valence-electron chi connectivity index (χ1n) is 9.86. The Morgan fingerprint density at radius 1 is 1.33 bits per heavy atom. The molecule has 0 aromatic carbocycles. The molecule has 150 valence electrons. The van der Waals surface area contributed by atoms with E-state index < -0.39 is 28.9 Å². The molecule has 1 heterocycles. The van der Waals surface area contributed by atoms with Crippen molar-refractivity contribution >= 4 is 5.91 Å². The maximum atomic E-state index is 13.6. The van der Waals surface area contributed by atoms with E-state index in [4.69, 9.17) is 0 Å². The zero-order valence-electron chi connectivity index (χ0n) is 15.4. The molecule has 4 aliphatic carbocycles. The molecule has 0 radical (unpaired) electrons. The number of amides is 1. The van der Waals surface area contributed by atoms with E-state index in [9.17, 15) is 23.1 Å². The third-order valence-corrected chi connectivity index (χ3v) is 6.61. The number of aromatic nitrogens is 2. The highest BCUT2D eigenvalue weighted by Gasteiger charge is 2.55. The van der Waals surface area contributed by atoms with Crippen LogP contribution in [0.3, 0.4) is 0 Å². The van der Waals surface area contributed by atoms with Gasteiger partial charge in [-0.25, -0.2) is 0 Å². The van der Waals surface area contributed by atoms with Crippen molar-refractivity contribution in [2.45, 2.75) is 76.2 Å². The van der Waals surface area contributed by atoms with Crippen molar-refractivity contribution in [1.82, 2.24) is 15.1 Å². The normalized spacial score (nSPS) is 34.9. The molecule has 0 saturated heterocycles. The first kappa shape index (κ1) is 18.8. The number of alkyl halides is 3. The highest BCUT2D eigenvalue weighted by Crippen LogP contribution is 2.55. The van der Waals surface area contributed by atoms with Crippen molar-refractivity contribution in [2.24, 2.45) is 17.8 Å². The minimum atomic E-state index is -4.63. The van der Waals surface area contributed by atoms with E-state index in [1.807, 2.05) is 6.92 Å². The van der Waals surface area contributed by atoms with Gasteiger partial charge in [0.1, 0.15) is 0 Å². The summed E-state index contributed by atoms with van der Waals surface area (Å²) in [5.41, 5.74) is -2.00. The predicted octanol–water partition coefficient (Wildman–Crippen LogP) is 3.37. The fourth-order valence-corrected chi connectivity index (χ4v) is 5.77. The van der Waals surface area contributed by atoms with Gasteiger partial charge in [0, 0.05) is 12.6 Å². The van der Waals surface area contributed by atoms with Crippen LogP contribution in [0, 0.1) is 17.8 Å². The van der Waals surface area contributed by atoms with Crippen molar-refractivity contribution < 1.29 is 23.1 Å². The third kappa shape index (κ3) is 3.37. The molecule has 5 rings (SSSR count). The maximum absolute atomic E-state index is 13.6. The van der Waals surface area contributed by atoms with Crippen LogP contribution >= 0.6 is 0 Å². The molecule has 4 bridgehead atoms. The molecule has 4 aliphatic rings. The number of carbonyl (C=O) groups is 1. The summed E-state index contributed by atoms with van der Waals surface area (Å²) in [5, 5.41) is 17.3. The number of aliphatic hydroxyl groups is 1. The van der Waals surface area contributed by atoms with Crippen LogP contribution in [0.15, 0.2) is 6.20 Å². The molecule has 0 spiro atoms. The van der Waals surface area contributed by atoms with Gasteiger partial charge in [0.25, 0.3) is 5.91 Å². The van der Waals surface area contributed by atoms with Crippen molar-refractivity contribution in [3.63, 3.8) is 0 Å². The van der Waals surface area contributed by atoms with Crippen LogP contribution in [0.2, 0.25) is 0 Å². The smallest absolute Gasteiger partial charge is 0.390 e. The number of rotatable bonds is 5. The van der Waals surface area contributed by atoms with E-state index in [-0.39, 0.29) is 24.4 Å². The van der Waals surface area contributed by atoms with Gasteiger partial charge >= 0.3 is 6.18 Å². The average molecular weight is 385 g/mol. The van der Waals surface area contributed by atoms with Gasteiger partial charge in [-0.1, -0.05) is 13.3 Å². The van der Waals surface area contributed by atoms with Crippen LogP contribution in [0.25, 0.3) is 0 Å². The molecule has 8 heteroatoms. The molecule has 2 atom stereocenters. The molecule has 4 saturated carbocycles. The van der Waals surface area contributed by atoms with E-state index in [2.05, 4.69) is 10.4 Å². The lowest BCUT2D eigenvalue weighted by molar-refractivity contribution is -0.144. The number of aryl methyl sites for hydroxylation is 1. The molecule has 4 fully saturated rings. The van der Waals surface area contributed by atoms with E-state index >= 15 is 0 Å². The van der Waals surface area contributed by atoms with E-state index in [1.54, 1.807) is 0 Å². The summed E-state index contributed by atoms with van der Waals surface area (Å²) < 4.78 is 41.6. The Labute approximate surface area is 156 Å². The fourth-order valence-electron chi connectivity index (χ4n) is 5.77. The largest absolute Gasteiger partial charge is 0.433 e. The Kier molecular flexibility index (Phi) is 4.52. The van der Waals surface area contributed by atoms with Gasteiger partial charge in [-0.05, 0) is 56.3 Å². The van der Waals surface area contributed by atoms with Crippen LogP contribution in [0.1, 0.15) is 67.9 Å². The van der Waals surface area contributed by atoms with Gasteiger partial charge in [0.05, 0.1) is 17.4 Å². The number of halogens is 3. The van der Waals surface area contributed by atoms with E-state index in [0.717, 1.165) is 36.6 Å². The van der Waals surface area contributed by atoms with Gasteiger partial charge in [-0.2, -0.15) is 18.3 Å². The Bertz CT molecular complexity index is 714. The molecule has 1 amide bonds. The molecule has 27 heavy (non-hydrogen) atoms. The van der Waals surface area contributed by atoms with Gasteiger partial charge in [-0.3, -0.25) is 9.48 Å². The zero-order valence-corrected chi connectivity index (χ0v) is 15.4. The Hall–Kier alpha value is -1.57. The lowest BCUT2D eigenvalue weighted by atomic mass is 9.52. The molecule has 2 unspecified atom stereocenters. The highest BCUT2D eigenvalue weighted by molar-refractivity contribution is 5.95. The molecule has 5 nitrogen and oxygen atoms in total. The van der Waals surface area contributed by atoms with Gasteiger partial charge < -0.3 is 10.4 Å². The van der Waals surface area contributed by atoms with E-state index in [1.165, 1.54) is 0 Å². The summed E-state index contributed by atoms with van der Waals surface area (Å²) in [7, 11) is 0. The molecule has 1 aromatic rings. The Balaban J connectivity index is 1.55. The van der Waals surface area contributed by atoms with Crippen LogP contribution in [0.4, 0.5) is 13.2 Å². The van der Waals surface area contributed by atoms with Gasteiger partial charge in [0.15, 0.2) is 5.69 Å². The fraction of sp³-hybridized carbons (Fsp3) is 0.789. The molecular weight excluding hydrogens is 359 g/mol. The lowest BCUT2D eigenvalue weighted by Gasteiger charge is -2.58. The maximum Gasteiger partial charge on any atom is 0.433 e. The monoisotopic (exact) mass is 385 g/mol. The quantitative estimate of drug-likeness (QED) is 0.817. The Morgan fingerprint density at radius 3 is 2.56 bits per heavy atom. The minimum absolute atomic E-state index is 0.141. The number of nitrogens with zero attached hydrogens (tertiary/aromatic N) is 2. The third-order valence-electron chi connectivity index (χ3n) is 6.61. The summed E-state index contributed by atoms with van der Waals surface area (Å²) in [6, 6.07) is -0.158. The van der Waals surface area contributed by atoms with Crippen LogP contribution in [-0.4, -0.2) is 32.4 Å². The first-order valence-corrected chi connectivity index (χ1v) is 9.86. The minimum Gasteiger partial charge on any atom is -0.390 e. The lowest BCUT2D eigenvalue weighted by Crippen LogP contribution is -2.61. The second kappa shape index (κ2) is 6.50. The number of hydrogen-bond donors (Lipinski definition) is 2. The Morgan fingerprint density at radius 2 is 2.00 bits per heavy atom. The predicted molar refractivity (Wildman–Crippen MR) is 91.9 cm³/mol. The summed E-state index contributed by atoms with van der Waals surface area (Å²) in [6.07, 6.45) is 1.68. The van der Waals surface area contributed by atoms with E-state index in [0.29, 0.717) is 25.2 Å². The summed E-state index contributed by atoms with van der Waals surface area (Å²) in [4.78, 5) is 12.7. The number of unbranched alkanes of at least 4 members (excludes halogenated alkanes) is 1. The molecule has 2 N–H and O–H groups in total. The number of hydrogen-bond acceptors (Lipinski definition) is 3.